The van der Waals surface area contributed by atoms with Gasteiger partial charge >= 0.3 is 10.2 Å². The van der Waals surface area contributed by atoms with Crippen LogP contribution >= 0.6 is 11.6 Å². The Morgan fingerprint density at radius 2 is 2.00 bits per heavy atom. The molecule has 1 fully saturated rings. The number of hydrogen-bond acceptors (Lipinski definition) is 4. The number of methoxy groups -OCH3 is 1. The van der Waals surface area contributed by atoms with Gasteiger partial charge in [-0.15, -0.1) is 0 Å². The van der Waals surface area contributed by atoms with Gasteiger partial charge in [0.25, 0.3) is 0 Å². The molecule has 6 nitrogen and oxygen atoms in total. The van der Waals surface area contributed by atoms with Crippen molar-refractivity contribution in [3.8, 4) is 5.75 Å². The van der Waals surface area contributed by atoms with E-state index in [2.05, 4.69) is 4.72 Å². The maximum atomic E-state index is 12.3. The van der Waals surface area contributed by atoms with Crippen LogP contribution in [-0.2, 0) is 14.9 Å². The molecule has 1 saturated heterocycles. The average molecular weight is 321 g/mol. The van der Waals surface area contributed by atoms with E-state index in [4.69, 9.17) is 21.1 Å². The van der Waals surface area contributed by atoms with Crippen molar-refractivity contribution in [1.82, 2.24) is 4.31 Å². The lowest BCUT2D eigenvalue weighted by molar-refractivity contribution is 0.0733. The van der Waals surface area contributed by atoms with Crippen LogP contribution in [0.25, 0.3) is 0 Å². The molecular weight excluding hydrogens is 304 g/mol. The molecule has 0 amide bonds. The molecule has 112 valence electrons. The monoisotopic (exact) mass is 320 g/mol. The molecule has 2 rings (SSSR count). The molecule has 1 N–H and O–H groups in total. The zero-order valence-corrected chi connectivity index (χ0v) is 12.9. The molecule has 1 heterocycles. The summed E-state index contributed by atoms with van der Waals surface area (Å²) in [7, 11) is -2.15. The fourth-order valence-electron chi connectivity index (χ4n) is 1.90. The van der Waals surface area contributed by atoms with Crippen molar-refractivity contribution in [2.75, 3.05) is 38.1 Å². The number of hydrogen-bond donors (Lipinski definition) is 1. The molecule has 0 atom stereocenters. The Bertz CT molecular complexity index is 585. The molecule has 1 aliphatic rings. The maximum absolute atomic E-state index is 12.3. The molecule has 0 unspecified atom stereocenters. The first kappa shape index (κ1) is 15.4. The van der Waals surface area contributed by atoms with Gasteiger partial charge in [0, 0.05) is 24.2 Å². The molecule has 8 heteroatoms. The summed E-state index contributed by atoms with van der Waals surface area (Å²) in [4.78, 5) is 0. The van der Waals surface area contributed by atoms with Gasteiger partial charge in [0.15, 0.2) is 0 Å². The second-order valence-corrected chi connectivity index (χ2v) is 6.50. The van der Waals surface area contributed by atoms with Crippen LogP contribution in [0.2, 0.25) is 5.02 Å². The number of ether oxygens (including phenoxy) is 2. The first-order valence-corrected chi connectivity index (χ1v) is 7.95. The van der Waals surface area contributed by atoms with Crippen LogP contribution in [0.3, 0.4) is 0 Å². The van der Waals surface area contributed by atoms with E-state index in [-0.39, 0.29) is 0 Å². The zero-order valence-electron chi connectivity index (χ0n) is 11.3. The van der Waals surface area contributed by atoms with Crippen LogP contribution in [0.5, 0.6) is 5.75 Å². The van der Waals surface area contributed by atoms with Crippen LogP contribution < -0.4 is 9.46 Å². The highest BCUT2D eigenvalue weighted by atomic mass is 35.5. The molecule has 0 aromatic heterocycles. The topological polar surface area (TPSA) is 67.9 Å². The summed E-state index contributed by atoms with van der Waals surface area (Å²) in [5, 5.41) is 0.524. The van der Waals surface area contributed by atoms with Crippen LogP contribution in [0.4, 0.5) is 5.69 Å². The first-order chi connectivity index (χ1) is 9.44. The number of aryl methyl sites for hydroxylation is 1. The van der Waals surface area contributed by atoms with E-state index in [1.54, 1.807) is 19.1 Å². The summed E-state index contributed by atoms with van der Waals surface area (Å²) in [5.74, 6) is 0.387. The molecule has 0 aliphatic carbocycles. The molecule has 20 heavy (non-hydrogen) atoms. The summed E-state index contributed by atoms with van der Waals surface area (Å²) < 4.78 is 38.8. The summed E-state index contributed by atoms with van der Waals surface area (Å²) in [5.41, 5.74) is 1.15. The number of halogens is 1. The van der Waals surface area contributed by atoms with Crippen molar-refractivity contribution >= 4 is 27.5 Å². The van der Waals surface area contributed by atoms with Crippen LogP contribution in [0.1, 0.15) is 5.56 Å². The molecule has 1 aromatic carbocycles. The fourth-order valence-corrected chi connectivity index (χ4v) is 3.25. The Morgan fingerprint density at radius 1 is 1.35 bits per heavy atom. The van der Waals surface area contributed by atoms with E-state index in [0.29, 0.717) is 42.8 Å². The van der Waals surface area contributed by atoms with Crippen molar-refractivity contribution in [3.05, 3.63) is 22.7 Å². The normalized spacial score (nSPS) is 16.9. The Morgan fingerprint density at radius 3 is 2.60 bits per heavy atom. The van der Waals surface area contributed by atoms with E-state index >= 15 is 0 Å². The zero-order chi connectivity index (χ0) is 14.8. The van der Waals surface area contributed by atoms with Crippen molar-refractivity contribution in [2.45, 2.75) is 6.92 Å². The maximum Gasteiger partial charge on any atom is 0.301 e. The second kappa shape index (κ2) is 6.17. The predicted molar refractivity (Wildman–Crippen MR) is 77.7 cm³/mol. The number of rotatable bonds is 4. The van der Waals surface area contributed by atoms with Crippen LogP contribution in [0.15, 0.2) is 12.1 Å². The van der Waals surface area contributed by atoms with E-state index < -0.39 is 10.2 Å². The summed E-state index contributed by atoms with van der Waals surface area (Å²) in [6, 6.07) is 3.24. The number of anilines is 1. The second-order valence-electron chi connectivity index (χ2n) is 4.42. The highest BCUT2D eigenvalue weighted by Crippen LogP contribution is 2.32. The van der Waals surface area contributed by atoms with Crippen molar-refractivity contribution in [1.29, 1.82) is 0 Å². The smallest absolute Gasteiger partial charge is 0.301 e. The predicted octanol–water partition coefficient (Wildman–Crippen LogP) is 1.65. The van der Waals surface area contributed by atoms with Gasteiger partial charge in [-0.3, -0.25) is 4.72 Å². The largest absolute Gasteiger partial charge is 0.495 e. The molecule has 0 radical (unpaired) electrons. The summed E-state index contributed by atoms with van der Waals surface area (Å²) in [6.07, 6.45) is 0. The lowest BCUT2D eigenvalue weighted by atomic mass is 10.2. The summed E-state index contributed by atoms with van der Waals surface area (Å²) >= 11 is 6.00. The highest BCUT2D eigenvalue weighted by Gasteiger charge is 2.25. The van der Waals surface area contributed by atoms with Crippen molar-refractivity contribution in [2.24, 2.45) is 0 Å². The van der Waals surface area contributed by atoms with Crippen LogP contribution in [-0.4, -0.2) is 46.1 Å². The van der Waals surface area contributed by atoms with E-state index in [1.165, 1.54) is 11.4 Å². The van der Waals surface area contributed by atoms with E-state index in [9.17, 15) is 8.42 Å². The third-order valence-corrected chi connectivity index (χ3v) is 4.96. The Labute approximate surface area is 123 Å². The molecule has 1 aromatic rings. The highest BCUT2D eigenvalue weighted by molar-refractivity contribution is 7.90. The molecular formula is C12H17ClN2O4S. The SMILES string of the molecule is COc1cc(Cl)c(C)cc1NS(=O)(=O)N1CCOCC1. The Hall–Kier alpha value is -1.02. The molecule has 0 saturated carbocycles. The third-order valence-electron chi connectivity index (χ3n) is 3.03. The Balaban J connectivity index is 2.26. The third kappa shape index (κ3) is 3.35. The minimum Gasteiger partial charge on any atom is -0.495 e. The molecule has 0 spiro atoms. The first-order valence-electron chi connectivity index (χ1n) is 6.14. The standard InChI is InChI=1S/C12H17ClN2O4S/c1-9-7-11(12(18-2)8-10(9)13)14-20(16,17)15-3-5-19-6-4-15/h7-8,14H,3-6H2,1-2H3. The van der Waals surface area contributed by atoms with Gasteiger partial charge in [0.2, 0.25) is 0 Å². The number of nitrogens with one attached hydrogen (secondary N) is 1. The van der Waals surface area contributed by atoms with Gasteiger partial charge < -0.3 is 9.47 Å². The number of benzene rings is 1. The molecule has 1 aliphatic heterocycles. The lowest BCUT2D eigenvalue weighted by Crippen LogP contribution is -2.43. The van der Waals surface area contributed by atoms with Gasteiger partial charge in [-0.1, -0.05) is 11.6 Å². The quantitative estimate of drug-likeness (QED) is 0.916. The fraction of sp³-hybridized carbons (Fsp3) is 0.500. The van der Waals surface area contributed by atoms with Crippen molar-refractivity contribution < 1.29 is 17.9 Å². The minimum atomic E-state index is -3.62. The number of morpholine rings is 1. The van der Waals surface area contributed by atoms with Gasteiger partial charge in [-0.2, -0.15) is 12.7 Å². The van der Waals surface area contributed by atoms with Crippen molar-refractivity contribution in [3.63, 3.8) is 0 Å². The molecule has 0 bridgehead atoms. The summed E-state index contributed by atoms with van der Waals surface area (Å²) in [6.45, 7) is 3.28. The number of nitrogens with zero attached hydrogens (tertiary/aromatic N) is 1. The lowest BCUT2D eigenvalue weighted by Gasteiger charge is -2.26. The van der Waals surface area contributed by atoms with E-state index in [0.717, 1.165) is 5.56 Å². The van der Waals surface area contributed by atoms with E-state index in [1.807, 2.05) is 0 Å². The average Bonchev–Trinajstić information content (AvgIpc) is 2.43. The van der Waals surface area contributed by atoms with Gasteiger partial charge in [0.1, 0.15) is 5.75 Å². The minimum absolute atomic E-state index is 0.338. The van der Waals surface area contributed by atoms with Gasteiger partial charge in [-0.25, -0.2) is 0 Å². The van der Waals surface area contributed by atoms with Gasteiger partial charge in [0.05, 0.1) is 26.0 Å². The van der Waals surface area contributed by atoms with Crippen LogP contribution in [0, 0.1) is 6.92 Å². The van der Waals surface area contributed by atoms with Gasteiger partial charge in [-0.05, 0) is 18.6 Å². The Kier molecular flexibility index (Phi) is 4.74.